The maximum Gasteiger partial charge on any atom is 0.248 e. The summed E-state index contributed by atoms with van der Waals surface area (Å²) in [6, 6.07) is 20.2. The van der Waals surface area contributed by atoms with Gasteiger partial charge in [-0.05, 0) is 60.7 Å². The van der Waals surface area contributed by atoms with Crippen LogP contribution in [0.1, 0.15) is 51.9 Å². The van der Waals surface area contributed by atoms with Gasteiger partial charge in [0.1, 0.15) is 5.82 Å². The molecular weight excluding hydrogens is 424 g/mol. The minimum Gasteiger partial charge on any atom is -0.366 e. The molecule has 0 bridgehead atoms. The van der Waals surface area contributed by atoms with E-state index in [0.717, 1.165) is 61.3 Å². The third-order valence-corrected chi connectivity index (χ3v) is 6.54. The molecule has 1 atom stereocenters. The third-order valence-electron chi connectivity index (χ3n) is 6.54. The van der Waals surface area contributed by atoms with E-state index in [0.29, 0.717) is 12.1 Å². The molecule has 0 radical (unpaired) electrons. The summed E-state index contributed by atoms with van der Waals surface area (Å²) in [4.78, 5) is 26.8. The zero-order chi connectivity index (χ0) is 23.3. The van der Waals surface area contributed by atoms with Crippen molar-refractivity contribution < 1.29 is 4.79 Å². The monoisotopic (exact) mass is 454 g/mol. The molecule has 2 aromatic carbocycles. The van der Waals surface area contributed by atoms with Crippen LogP contribution in [-0.4, -0.2) is 38.8 Å². The van der Waals surface area contributed by atoms with Crippen LogP contribution in [0.5, 0.6) is 0 Å². The molecule has 1 aliphatic rings. The number of aryl methyl sites for hydroxylation is 1. The molecule has 34 heavy (non-hydrogen) atoms. The number of nitrogens with zero attached hydrogens (tertiary/aromatic N) is 3. The first-order chi connectivity index (χ1) is 16.7. The average Bonchev–Trinajstić information content (AvgIpc) is 3.29. The van der Waals surface area contributed by atoms with E-state index in [9.17, 15) is 4.79 Å². The lowest BCUT2D eigenvalue weighted by molar-refractivity contribution is 0.1000. The van der Waals surface area contributed by atoms with Crippen molar-refractivity contribution in [3.63, 3.8) is 0 Å². The molecule has 1 amide bonds. The number of imidazole rings is 1. The summed E-state index contributed by atoms with van der Waals surface area (Å²) < 4.78 is 0. The van der Waals surface area contributed by atoms with Gasteiger partial charge in [-0.1, -0.05) is 30.3 Å². The van der Waals surface area contributed by atoms with Crippen LogP contribution in [0.2, 0.25) is 0 Å². The highest BCUT2D eigenvalue weighted by molar-refractivity contribution is 5.92. The fourth-order valence-corrected chi connectivity index (χ4v) is 4.81. The van der Waals surface area contributed by atoms with Crippen molar-refractivity contribution in [2.75, 3.05) is 13.1 Å². The highest BCUT2D eigenvalue weighted by Gasteiger charge is 2.27. The first-order valence-corrected chi connectivity index (χ1v) is 11.9. The van der Waals surface area contributed by atoms with Crippen molar-refractivity contribution in [3.8, 4) is 0 Å². The molecular formula is C27H30N6O. The second-order valence-electron chi connectivity index (χ2n) is 8.86. The van der Waals surface area contributed by atoms with Gasteiger partial charge >= 0.3 is 0 Å². The lowest BCUT2D eigenvalue weighted by Gasteiger charge is -2.35. The van der Waals surface area contributed by atoms with Crippen LogP contribution in [0.15, 0.2) is 66.9 Å². The SMILES string of the molecule is NC(=O)c1ccc(CN(CCNCc2nc3ccccc3[nH]2)C2CCCc3cccnc32)cc1. The second-order valence-corrected chi connectivity index (χ2v) is 8.86. The number of benzene rings is 2. The molecule has 0 saturated carbocycles. The largest absolute Gasteiger partial charge is 0.366 e. The highest BCUT2D eigenvalue weighted by Crippen LogP contribution is 2.33. The minimum atomic E-state index is -0.399. The molecule has 2 heterocycles. The molecule has 5 rings (SSSR count). The number of nitrogens with one attached hydrogen (secondary N) is 2. The van der Waals surface area contributed by atoms with Gasteiger partial charge in [0.2, 0.25) is 5.91 Å². The van der Waals surface area contributed by atoms with E-state index >= 15 is 0 Å². The number of fused-ring (bicyclic) bond motifs is 2. The van der Waals surface area contributed by atoms with Gasteiger partial charge in [-0.3, -0.25) is 14.7 Å². The van der Waals surface area contributed by atoms with E-state index in [2.05, 4.69) is 26.3 Å². The molecule has 7 nitrogen and oxygen atoms in total. The summed E-state index contributed by atoms with van der Waals surface area (Å²) in [6.07, 6.45) is 5.24. The molecule has 4 N–H and O–H groups in total. The first kappa shape index (κ1) is 22.3. The van der Waals surface area contributed by atoms with Crippen molar-refractivity contribution in [2.24, 2.45) is 5.73 Å². The smallest absolute Gasteiger partial charge is 0.248 e. The van der Waals surface area contributed by atoms with Crippen LogP contribution in [0.25, 0.3) is 11.0 Å². The molecule has 7 heteroatoms. The Bertz CT molecular complexity index is 1230. The second kappa shape index (κ2) is 10.2. The summed E-state index contributed by atoms with van der Waals surface area (Å²) >= 11 is 0. The Hall–Kier alpha value is -3.55. The Morgan fingerprint density at radius 2 is 1.97 bits per heavy atom. The van der Waals surface area contributed by atoms with Crippen molar-refractivity contribution in [3.05, 3.63) is 95.1 Å². The number of amides is 1. The van der Waals surface area contributed by atoms with E-state index in [1.807, 2.05) is 60.8 Å². The number of carbonyl (C=O) groups excluding carboxylic acids is 1. The van der Waals surface area contributed by atoms with Crippen LogP contribution in [0.4, 0.5) is 0 Å². The van der Waals surface area contributed by atoms with Gasteiger partial charge in [-0.15, -0.1) is 0 Å². The van der Waals surface area contributed by atoms with Gasteiger partial charge in [-0.2, -0.15) is 0 Å². The molecule has 4 aromatic rings. The predicted molar refractivity (Wildman–Crippen MR) is 133 cm³/mol. The summed E-state index contributed by atoms with van der Waals surface area (Å²) in [5.74, 6) is 0.545. The van der Waals surface area contributed by atoms with Crippen molar-refractivity contribution in [1.82, 2.24) is 25.2 Å². The van der Waals surface area contributed by atoms with Crippen LogP contribution in [0, 0.1) is 0 Å². The highest BCUT2D eigenvalue weighted by atomic mass is 16.1. The van der Waals surface area contributed by atoms with Crippen molar-refractivity contribution >= 4 is 16.9 Å². The molecule has 0 spiro atoms. The Morgan fingerprint density at radius 3 is 2.79 bits per heavy atom. The van der Waals surface area contributed by atoms with E-state index in [1.54, 1.807) is 0 Å². The van der Waals surface area contributed by atoms with Crippen LogP contribution in [-0.2, 0) is 19.5 Å². The number of hydrogen-bond acceptors (Lipinski definition) is 5. The van der Waals surface area contributed by atoms with E-state index < -0.39 is 5.91 Å². The number of nitrogens with two attached hydrogens (primary N) is 1. The standard InChI is InChI=1S/C27H30N6O/c28-27(34)21-12-10-19(11-13-21)18-33(24-9-3-5-20-6-4-14-30-26(20)24)16-15-29-17-25-31-22-7-1-2-8-23(22)32-25/h1-2,4,6-8,10-14,24,29H,3,5,9,15-18H2,(H2,28,34)(H,31,32). The topological polar surface area (TPSA) is 99.9 Å². The maximum absolute atomic E-state index is 11.5. The number of primary amides is 1. The van der Waals surface area contributed by atoms with Crippen LogP contribution in [0.3, 0.4) is 0 Å². The number of aromatic nitrogens is 3. The number of aromatic amines is 1. The van der Waals surface area contributed by atoms with Gasteiger partial charge in [-0.25, -0.2) is 4.98 Å². The summed E-state index contributed by atoms with van der Waals surface area (Å²) in [5, 5.41) is 3.55. The Kier molecular flexibility index (Phi) is 6.65. The third kappa shape index (κ3) is 5.00. The quantitative estimate of drug-likeness (QED) is 0.335. The van der Waals surface area contributed by atoms with Crippen molar-refractivity contribution in [1.29, 1.82) is 0 Å². The zero-order valence-corrected chi connectivity index (χ0v) is 19.2. The number of rotatable bonds is 9. The van der Waals surface area contributed by atoms with Crippen LogP contribution >= 0.6 is 0 Å². The maximum atomic E-state index is 11.5. The predicted octanol–water partition coefficient (Wildman–Crippen LogP) is 3.73. The van der Waals surface area contributed by atoms with E-state index in [1.165, 1.54) is 11.3 Å². The average molecular weight is 455 g/mol. The lowest BCUT2D eigenvalue weighted by atomic mass is 9.90. The van der Waals surface area contributed by atoms with E-state index in [-0.39, 0.29) is 6.04 Å². The molecule has 174 valence electrons. The normalized spacial score (nSPS) is 15.5. The number of pyridine rings is 1. The molecule has 1 unspecified atom stereocenters. The Morgan fingerprint density at radius 1 is 1.12 bits per heavy atom. The number of para-hydroxylation sites is 2. The van der Waals surface area contributed by atoms with E-state index in [4.69, 9.17) is 10.7 Å². The fourth-order valence-electron chi connectivity index (χ4n) is 4.81. The zero-order valence-electron chi connectivity index (χ0n) is 19.2. The molecule has 0 aliphatic heterocycles. The number of carbonyl (C=O) groups is 1. The minimum absolute atomic E-state index is 0.272. The molecule has 0 saturated heterocycles. The summed E-state index contributed by atoms with van der Waals surface area (Å²) in [5.41, 5.74) is 11.7. The fraction of sp³-hybridized carbons (Fsp3) is 0.296. The molecule has 2 aromatic heterocycles. The lowest BCUT2D eigenvalue weighted by Crippen LogP contribution is -2.36. The Balaban J connectivity index is 1.29. The van der Waals surface area contributed by atoms with Gasteiger partial charge in [0, 0.05) is 31.4 Å². The number of H-pyrrole nitrogens is 1. The van der Waals surface area contributed by atoms with Gasteiger partial charge in [0.05, 0.1) is 29.3 Å². The molecule has 1 aliphatic carbocycles. The first-order valence-electron chi connectivity index (χ1n) is 11.9. The van der Waals surface area contributed by atoms with Crippen LogP contribution < -0.4 is 11.1 Å². The summed E-state index contributed by atoms with van der Waals surface area (Å²) in [7, 11) is 0. The molecule has 0 fully saturated rings. The Labute approximate surface area is 199 Å². The van der Waals surface area contributed by atoms with Gasteiger partial charge < -0.3 is 16.0 Å². The van der Waals surface area contributed by atoms with Crippen molar-refractivity contribution in [2.45, 2.75) is 38.4 Å². The number of hydrogen-bond donors (Lipinski definition) is 3. The van der Waals surface area contributed by atoms with Gasteiger partial charge in [0.15, 0.2) is 0 Å². The summed E-state index contributed by atoms with van der Waals surface area (Å²) in [6.45, 7) is 3.18. The van der Waals surface area contributed by atoms with Gasteiger partial charge in [0.25, 0.3) is 0 Å².